The molecule has 22 heavy (non-hydrogen) atoms. The molecule has 3 heterocycles. The first kappa shape index (κ1) is 14.5. The van der Waals surface area contributed by atoms with E-state index in [1.165, 1.54) is 0 Å². The van der Waals surface area contributed by atoms with E-state index in [4.69, 9.17) is 0 Å². The van der Waals surface area contributed by atoms with Crippen LogP contribution in [0.2, 0.25) is 0 Å². The number of aromatic nitrogens is 3. The van der Waals surface area contributed by atoms with E-state index in [0.29, 0.717) is 25.5 Å². The standard InChI is InChI=1S/C15H19N5O2/c21-13-3-1-7-19(11-13)15(22)17-10-12-4-6-16-14(9-12)20-8-2-5-18-20/h2,4-6,8-9,13,21H,1,3,7,10-11H2,(H,17,22). The normalized spacial score (nSPS) is 18.2. The number of carbonyl (C=O) groups is 1. The first-order valence-corrected chi connectivity index (χ1v) is 7.38. The van der Waals surface area contributed by atoms with Gasteiger partial charge in [0.2, 0.25) is 0 Å². The Morgan fingerprint density at radius 1 is 1.45 bits per heavy atom. The molecule has 1 aliphatic rings. The topological polar surface area (TPSA) is 83.3 Å². The number of carbonyl (C=O) groups excluding carboxylic acids is 1. The zero-order valence-electron chi connectivity index (χ0n) is 12.2. The third-order valence-corrected chi connectivity index (χ3v) is 3.68. The van der Waals surface area contributed by atoms with Gasteiger partial charge in [-0.05, 0) is 36.6 Å². The van der Waals surface area contributed by atoms with Crippen molar-refractivity contribution in [2.45, 2.75) is 25.5 Å². The van der Waals surface area contributed by atoms with Crippen LogP contribution in [0.1, 0.15) is 18.4 Å². The summed E-state index contributed by atoms with van der Waals surface area (Å²) in [5.74, 6) is 0.713. The van der Waals surface area contributed by atoms with E-state index in [9.17, 15) is 9.90 Å². The molecule has 2 aromatic rings. The first-order chi connectivity index (χ1) is 10.7. The van der Waals surface area contributed by atoms with Gasteiger partial charge in [0.25, 0.3) is 0 Å². The second-order valence-corrected chi connectivity index (χ2v) is 5.37. The Morgan fingerprint density at radius 2 is 2.36 bits per heavy atom. The van der Waals surface area contributed by atoms with Crippen LogP contribution in [-0.2, 0) is 6.54 Å². The molecule has 1 aliphatic heterocycles. The largest absolute Gasteiger partial charge is 0.391 e. The molecular formula is C15H19N5O2. The Kier molecular flexibility index (Phi) is 4.34. The van der Waals surface area contributed by atoms with Crippen LogP contribution < -0.4 is 5.32 Å². The van der Waals surface area contributed by atoms with Crippen LogP contribution in [0.5, 0.6) is 0 Å². The number of piperidine rings is 1. The zero-order chi connectivity index (χ0) is 15.4. The van der Waals surface area contributed by atoms with Gasteiger partial charge in [0, 0.05) is 38.2 Å². The number of likely N-dealkylation sites (tertiary alicyclic amines) is 1. The Balaban J connectivity index is 1.59. The summed E-state index contributed by atoms with van der Waals surface area (Å²) in [6, 6.07) is 5.44. The number of pyridine rings is 1. The average molecular weight is 301 g/mol. The lowest BCUT2D eigenvalue weighted by molar-refractivity contribution is 0.0842. The summed E-state index contributed by atoms with van der Waals surface area (Å²) in [7, 11) is 0. The van der Waals surface area contributed by atoms with Crippen LogP contribution in [0.3, 0.4) is 0 Å². The molecule has 0 aliphatic carbocycles. The van der Waals surface area contributed by atoms with E-state index < -0.39 is 6.10 Å². The van der Waals surface area contributed by atoms with Crippen LogP contribution in [0.25, 0.3) is 5.82 Å². The SMILES string of the molecule is O=C(NCc1ccnc(-n2cccn2)c1)N1CCCC(O)C1. The molecule has 0 bridgehead atoms. The maximum atomic E-state index is 12.1. The predicted molar refractivity (Wildman–Crippen MR) is 80.4 cm³/mol. The van der Waals surface area contributed by atoms with E-state index in [1.54, 1.807) is 22.0 Å². The van der Waals surface area contributed by atoms with Crippen LogP contribution in [0.4, 0.5) is 4.79 Å². The molecule has 1 unspecified atom stereocenters. The highest BCUT2D eigenvalue weighted by molar-refractivity contribution is 5.74. The van der Waals surface area contributed by atoms with Gasteiger partial charge in [0.15, 0.2) is 5.82 Å². The van der Waals surface area contributed by atoms with Gasteiger partial charge in [-0.1, -0.05) is 0 Å². The van der Waals surface area contributed by atoms with Gasteiger partial charge in [-0.25, -0.2) is 14.5 Å². The molecule has 0 aromatic carbocycles. The number of aliphatic hydroxyl groups excluding tert-OH is 1. The quantitative estimate of drug-likeness (QED) is 0.883. The fourth-order valence-corrected chi connectivity index (χ4v) is 2.53. The third kappa shape index (κ3) is 3.43. The van der Waals surface area contributed by atoms with Gasteiger partial charge in [-0.2, -0.15) is 5.10 Å². The van der Waals surface area contributed by atoms with Crippen molar-refractivity contribution in [3.8, 4) is 5.82 Å². The van der Waals surface area contributed by atoms with E-state index in [1.807, 2.05) is 24.4 Å². The van der Waals surface area contributed by atoms with Crippen molar-refractivity contribution in [1.29, 1.82) is 0 Å². The lowest BCUT2D eigenvalue weighted by Crippen LogP contribution is -2.46. The van der Waals surface area contributed by atoms with Crippen LogP contribution in [-0.4, -0.2) is 50.0 Å². The number of amides is 2. The monoisotopic (exact) mass is 301 g/mol. The highest BCUT2D eigenvalue weighted by atomic mass is 16.3. The highest BCUT2D eigenvalue weighted by Gasteiger charge is 2.21. The summed E-state index contributed by atoms with van der Waals surface area (Å²) in [6.07, 6.45) is 6.40. The molecule has 0 saturated carbocycles. The molecular weight excluding hydrogens is 282 g/mol. The van der Waals surface area contributed by atoms with Crippen molar-refractivity contribution < 1.29 is 9.90 Å². The summed E-state index contributed by atoms with van der Waals surface area (Å²) >= 11 is 0. The smallest absolute Gasteiger partial charge is 0.317 e. The molecule has 1 atom stereocenters. The summed E-state index contributed by atoms with van der Waals surface area (Å²) in [5, 5.41) is 16.6. The molecule has 1 fully saturated rings. The van der Waals surface area contributed by atoms with Gasteiger partial charge in [-0.15, -0.1) is 0 Å². The second kappa shape index (κ2) is 6.57. The third-order valence-electron chi connectivity index (χ3n) is 3.68. The number of nitrogens with zero attached hydrogens (tertiary/aromatic N) is 4. The van der Waals surface area contributed by atoms with Gasteiger partial charge in [0.1, 0.15) is 0 Å². The first-order valence-electron chi connectivity index (χ1n) is 7.38. The Labute approximate surface area is 128 Å². The average Bonchev–Trinajstić information content (AvgIpc) is 3.07. The van der Waals surface area contributed by atoms with E-state index >= 15 is 0 Å². The second-order valence-electron chi connectivity index (χ2n) is 5.37. The summed E-state index contributed by atoms with van der Waals surface area (Å²) in [4.78, 5) is 18.0. The molecule has 3 rings (SSSR count). The van der Waals surface area contributed by atoms with E-state index in [2.05, 4.69) is 15.4 Å². The fraction of sp³-hybridized carbons (Fsp3) is 0.400. The molecule has 7 nitrogen and oxygen atoms in total. The number of urea groups is 1. The molecule has 0 spiro atoms. The Bertz CT molecular complexity index is 629. The minimum absolute atomic E-state index is 0.142. The van der Waals surface area contributed by atoms with Crippen molar-refractivity contribution in [3.05, 3.63) is 42.4 Å². The fourth-order valence-electron chi connectivity index (χ4n) is 2.53. The predicted octanol–water partition coefficient (Wildman–Crippen LogP) is 0.934. The number of hydrogen-bond donors (Lipinski definition) is 2. The maximum Gasteiger partial charge on any atom is 0.317 e. The number of hydrogen-bond acceptors (Lipinski definition) is 4. The maximum absolute atomic E-state index is 12.1. The molecule has 1 saturated heterocycles. The van der Waals surface area contributed by atoms with Gasteiger partial charge < -0.3 is 15.3 Å². The Morgan fingerprint density at radius 3 is 3.14 bits per heavy atom. The number of nitrogens with one attached hydrogen (secondary N) is 1. The summed E-state index contributed by atoms with van der Waals surface area (Å²) < 4.78 is 1.67. The van der Waals surface area contributed by atoms with Gasteiger partial charge in [-0.3, -0.25) is 0 Å². The number of β-amino-alcohol motifs (C(OH)–C–C–N with tert-alkyl or cyclic N) is 1. The molecule has 7 heteroatoms. The van der Waals surface area contributed by atoms with Gasteiger partial charge >= 0.3 is 6.03 Å². The lowest BCUT2D eigenvalue weighted by atomic mass is 10.1. The lowest BCUT2D eigenvalue weighted by Gasteiger charge is -2.30. The van der Waals surface area contributed by atoms with Crippen molar-refractivity contribution in [2.24, 2.45) is 0 Å². The van der Waals surface area contributed by atoms with Crippen molar-refractivity contribution in [2.75, 3.05) is 13.1 Å². The van der Waals surface area contributed by atoms with Crippen molar-refractivity contribution in [1.82, 2.24) is 25.0 Å². The summed E-state index contributed by atoms with van der Waals surface area (Å²) in [6.45, 7) is 1.51. The van der Waals surface area contributed by atoms with Crippen LogP contribution in [0.15, 0.2) is 36.8 Å². The molecule has 0 radical (unpaired) electrons. The number of aliphatic hydroxyl groups is 1. The summed E-state index contributed by atoms with van der Waals surface area (Å²) in [5.41, 5.74) is 0.950. The van der Waals surface area contributed by atoms with Crippen molar-refractivity contribution >= 4 is 6.03 Å². The minimum Gasteiger partial charge on any atom is -0.391 e. The minimum atomic E-state index is -0.410. The molecule has 2 aromatic heterocycles. The van der Waals surface area contributed by atoms with E-state index in [-0.39, 0.29) is 6.03 Å². The molecule has 2 amide bonds. The number of rotatable bonds is 3. The van der Waals surface area contributed by atoms with E-state index in [0.717, 1.165) is 18.4 Å². The molecule has 2 N–H and O–H groups in total. The Hall–Kier alpha value is -2.41. The highest BCUT2D eigenvalue weighted by Crippen LogP contribution is 2.10. The van der Waals surface area contributed by atoms with Gasteiger partial charge in [0.05, 0.1) is 6.10 Å². The van der Waals surface area contributed by atoms with Crippen LogP contribution in [0, 0.1) is 0 Å². The van der Waals surface area contributed by atoms with Crippen LogP contribution >= 0.6 is 0 Å². The zero-order valence-corrected chi connectivity index (χ0v) is 12.2. The molecule has 116 valence electrons. The van der Waals surface area contributed by atoms with Crippen molar-refractivity contribution in [3.63, 3.8) is 0 Å².